The summed E-state index contributed by atoms with van der Waals surface area (Å²) in [5, 5.41) is 9.32. The summed E-state index contributed by atoms with van der Waals surface area (Å²) in [5.74, 6) is 0. The number of hydrogen-bond donors (Lipinski definition) is 2. The second-order valence-corrected chi connectivity index (χ2v) is 3.11. The van der Waals surface area contributed by atoms with Crippen LogP contribution in [-0.4, -0.2) is 42.3 Å². The topological polar surface area (TPSA) is 49.5 Å². The van der Waals surface area contributed by atoms with E-state index in [1.807, 2.05) is 0 Å². The minimum absolute atomic E-state index is 0.00931. The number of likely N-dealkylation sites (tertiary alicyclic amines) is 1. The van der Waals surface area contributed by atoms with Crippen molar-refractivity contribution in [3.63, 3.8) is 0 Å². The van der Waals surface area contributed by atoms with Crippen LogP contribution in [0.5, 0.6) is 0 Å². The van der Waals surface area contributed by atoms with Gasteiger partial charge >= 0.3 is 0 Å². The molecule has 10 heavy (non-hydrogen) atoms. The van der Waals surface area contributed by atoms with Crippen molar-refractivity contribution in [2.45, 2.75) is 25.0 Å². The van der Waals surface area contributed by atoms with Gasteiger partial charge in [0.1, 0.15) is 0 Å². The molecule has 1 saturated heterocycles. The molecule has 0 aliphatic carbocycles. The lowest BCUT2D eigenvalue weighted by Crippen LogP contribution is -2.34. The van der Waals surface area contributed by atoms with Gasteiger partial charge < -0.3 is 15.7 Å². The fourth-order valence-electron chi connectivity index (χ4n) is 1.24. The van der Waals surface area contributed by atoms with Crippen molar-refractivity contribution in [1.29, 1.82) is 0 Å². The third-order valence-electron chi connectivity index (χ3n) is 2.14. The molecule has 0 spiro atoms. The highest BCUT2D eigenvalue weighted by Gasteiger charge is 2.19. The maximum Gasteiger partial charge on any atom is 0.0703 e. The van der Waals surface area contributed by atoms with Crippen molar-refractivity contribution < 1.29 is 5.11 Å². The number of hydrogen-bond acceptors (Lipinski definition) is 3. The zero-order chi connectivity index (χ0) is 7.56. The molecule has 1 heterocycles. The zero-order valence-electron chi connectivity index (χ0n) is 6.45. The third kappa shape index (κ3) is 1.94. The molecule has 0 saturated carbocycles. The van der Waals surface area contributed by atoms with E-state index in [0.29, 0.717) is 0 Å². The summed E-state index contributed by atoms with van der Waals surface area (Å²) in [6, 6.07) is -0.00931. The second-order valence-electron chi connectivity index (χ2n) is 3.11. The van der Waals surface area contributed by atoms with Crippen molar-refractivity contribution in [2.75, 3.05) is 20.1 Å². The lowest BCUT2D eigenvalue weighted by molar-refractivity contribution is 0.138. The largest absolute Gasteiger partial charge is 0.391 e. The van der Waals surface area contributed by atoms with Gasteiger partial charge in [0.2, 0.25) is 0 Å². The molecule has 1 aliphatic rings. The lowest BCUT2D eigenvalue weighted by Gasteiger charge is -2.12. The highest BCUT2D eigenvalue weighted by atomic mass is 16.3. The summed E-state index contributed by atoms with van der Waals surface area (Å²) < 4.78 is 0. The van der Waals surface area contributed by atoms with Gasteiger partial charge in [-0.3, -0.25) is 0 Å². The normalized spacial score (nSPS) is 37.5. The number of aliphatic hydroxyl groups is 1. The molecule has 60 valence electrons. The first-order valence-corrected chi connectivity index (χ1v) is 3.82. The van der Waals surface area contributed by atoms with Crippen molar-refractivity contribution in [1.82, 2.24) is 4.90 Å². The summed E-state index contributed by atoms with van der Waals surface area (Å²) >= 11 is 0. The average molecular weight is 144 g/mol. The Balaban J connectivity index is 2.38. The van der Waals surface area contributed by atoms with E-state index in [1.165, 1.54) is 0 Å². The molecule has 0 unspecified atom stereocenters. The highest BCUT2D eigenvalue weighted by molar-refractivity contribution is 4.77. The van der Waals surface area contributed by atoms with Crippen LogP contribution in [0, 0.1) is 0 Å². The number of nitrogens with two attached hydrogens (primary N) is 1. The van der Waals surface area contributed by atoms with Crippen LogP contribution in [0.15, 0.2) is 0 Å². The molecule has 3 nitrogen and oxygen atoms in total. The third-order valence-corrected chi connectivity index (χ3v) is 2.14. The van der Waals surface area contributed by atoms with Crippen LogP contribution in [-0.2, 0) is 0 Å². The molecule has 1 fully saturated rings. The van der Waals surface area contributed by atoms with Crippen molar-refractivity contribution >= 4 is 0 Å². The van der Waals surface area contributed by atoms with Crippen molar-refractivity contribution in [3.05, 3.63) is 0 Å². The molecule has 2 atom stereocenters. The van der Waals surface area contributed by atoms with Crippen LogP contribution >= 0.6 is 0 Å². The molecule has 0 bridgehead atoms. The summed E-state index contributed by atoms with van der Waals surface area (Å²) in [6.07, 6.45) is 1.44. The maximum atomic E-state index is 9.32. The molecule has 0 aromatic carbocycles. The molecule has 1 aliphatic heterocycles. The van der Waals surface area contributed by atoms with Gasteiger partial charge in [-0.2, -0.15) is 0 Å². The maximum absolute atomic E-state index is 9.32. The SMILES string of the molecule is CN1CC[C@@H](N)[C@@H](O)CC1. The van der Waals surface area contributed by atoms with E-state index in [9.17, 15) is 5.11 Å². The Morgan fingerprint density at radius 2 is 2.00 bits per heavy atom. The van der Waals surface area contributed by atoms with E-state index in [0.717, 1.165) is 25.9 Å². The Morgan fingerprint density at radius 1 is 1.40 bits per heavy atom. The fraction of sp³-hybridized carbons (Fsp3) is 1.00. The van der Waals surface area contributed by atoms with Crippen LogP contribution in [0.2, 0.25) is 0 Å². The molecule has 0 amide bonds. The number of aliphatic hydroxyl groups excluding tert-OH is 1. The summed E-state index contributed by atoms with van der Waals surface area (Å²) in [4.78, 5) is 2.20. The molecule has 1 rings (SSSR count). The quantitative estimate of drug-likeness (QED) is 0.477. The van der Waals surface area contributed by atoms with Crippen LogP contribution in [0.3, 0.4) is 0 Å². The van der Waals surface area contributed by atoms with Crippen molar-refractivity contribution in [2.24, 2.45) is 5.73 Å². The zero-order valence-corrected chi connectivity index (χ0v) is 6.45. The molecule has 0 aromatic rings. The molecular formula is C7H16N2O. The van der Waals surface area contributed by atoms with E-state index in [-0.39, 0.29) is 12.1 Å². The fourth-order valence-corrected chi connectivity index (χ4v) is 1.24. The van der Waals surface area contributed by atoms with E-state index in [4.69, 9.17) is 5.73 Å². The average Bonchev–Trinajstić information content (AvgIpc) is 2.04. The van der Waals surface area contributed by atoms with Gasteiger partial charge in [-0.05, 0) is 26.4 Å². The second kappa shape index (κ2) is 3.32. The van der Waals surface area contributed by atoms with Gasteiger partial charge in [-0.25, -0.2) is 0 Å². The monoisotopic (exact) mass is 144 g/mol. The summed E-state index contributed by atoms with van der Waals surface area (Å²) in [7, 11) is 2.06. The Bertz CT molecular complexity index is 95.8. The molecule has 3 heteroatoms. The number of nitrogens with zero attached hydrogens (tertiary/aromatic N) is 1. The van der Waals surface area contributed by atoms with Gasteiger partial charge in [-0.1, -0.05) is 0 Å². The van der Waals surface area contributed by atoms with Gasteiger partial charge in [-0.15, -0.1) is 0 Å². The summed E-state index contributed by atoms with van der Waals surface area (Å²) in [6.45, 7) is 1.98. The van der Waals surface area contributed by atoms with E-state index in [2.05, 4.69) is 11.9 Å². The van der Waals surface area contributed by atoms with Crippen LogP contribution in [0.4, 0.5) is 0 Å². The standard InChI is InChI=1S/C7H16N2O/c1-9-4-2-6(8)7(10)3-5-9/h6-7,10H,2-5,8H2,1H3/t6-,7+/m1/s1. The Kier molecular flexibility index (Phi) is 2.65. The van der Waals surface area contributed by atoms with E-state index in [1.54, 1.807) is 0 Å². The van der Waals surface area contributed by atoms with Crippen LogP contribution < -0.4 is 5.73 Å². The predicted molar refractivity (Wildman–Crippen MR) is 40.7 cm³/mol. The van der Waals surface area contributed by atoms with Gasteiger partial charge in [0.25, 0.3) is 0 Å². The molecule has 3 N–H and O–H groups in total. The molecule has 0 aromatic heterocycles. The van der Waals surface area contributed by atoms with Gasteiger partial charge in [0, 0.05) is 12.6 Å². The first-order valence-electron chi connectivity index (χ1n) is 3.82. The van der Waals surface area contributed by atoms with Gasteiger partial charge in [0.15, 0.2) is 0 Å². The minimum atomic E-state index is -0.287. The van der Waals surface area contributed by atoms with E-state index >= 15 is 0 Å². The lowest BCUT2D eigenvalue weighted by atomic mass is 10.1. The Labute approximate surface area is 61.8 Å². The van der Waals surface area contributed by atoms with Crippen LogP contribution in [0.1, 0.15) is 12.8 Å². The van der Waals surface area contributed by atoms with Gasteiger partial charge in [0.05, 0.1) is 6.10 Å². The smallest absolute Gasteiger partial charge is 0.0703 e. The van der Waals surface area contributed by atoms with Crippen molar-refractivity contribution in [3.8, 4) is 0 Å². The molecular weight excluding hydrogens is 128 g/mol. The summed E-state index contributed by atoms with van der Waals surface area (Å²) in [5.41, 5.74) is 5.66. The first-order chi connectivity index (χ1) is 4.70. The first kappa shape index (κ1) is 7.98. The van der Waals surface area contributed by atoms with Crippen LogP contribution in [0.25, 0.3) is 0 Å². The Morgan fingerprint density at radius 3 is 2.70 bits per heavy atom. The van der Waals surface area contributed by atoms with E-state index < -0.39 is 0 Å². The number of rotatable bonds is 0. The predicted octanol–water partition coefficient (Wildman–Crippen LogP) is -0.600. The highest BCUT2D eigenvalue weighted by Crippen LogP contribution is 2.07. The Hall–Kier alpha value is -0.120. The minimum Gasteiger partial charge on any atom is -0.391 e. The molecule has 0 radical (unpaired) electrons.